The van der Waals surface area contributed by atoms with Crippen molar-refractivity contribution in [2.24, 2.45) is 5.92 Å². The number of amides is 2. The highest BCUT2D eigenvalue weighted by Crippen LogP contribution is 2.16. The summed E-state index contributed by atoms with van der Waals surface area (Å²) in [5.41, 5.74) is 2.84. The molecule has 142 valence electrons. The Kier molecular flexibility index (Phi) is 7.35. The normalized spacial score (nSPS) is 11.6. The quantitative estimate of drug-likeness (QED) is 0.718. The lowest BCUT2D eigenvalue weighted by Crippen LogP contribution is -2.36. The smallest absolute Gasteiger partial charge is 0.267 e. The van der Waals surface area contributed by atoms with Crippen LogP contribution in [0.1, 0.15) is 55.1 Å². The van der Waals surface area contributed by atoms with Crippen LogP contribution in [0.5, 0.6) is 0 Å². The minimum Gasteiger partial charge on any atom is -0.351 e. The van der Waals surface area contributed by atoms with Crippen LogP contribution in [0.2, 0.25) is 0 Å². The number of nitrogens with one attached hydrogen (secondary N) is 2. The number of carbonyl (C=O) groups is 2. The van der Waals surface area contributed by atoms with E-state index in [2.05, 4.69) is 24.5 Å². The third-order valence-corrected chi connectivity index (χ3v) is 4.11. The lowest BCUT2D eigenvalue weighted by atomic mass is 10.0. The molecule has 2 aromatic carbocycles. The number of hydrogen-bond donors (Lipinski definition) is 2. The highest BCUT2D eigenvalue weighted by atomic mass is 16.2. The number of carbonyl (C=O) groups excluding carboxylic acids is 2. The van der Waals surface area contributed by atoms with E-state index in [-0.39, 0.29) is 17.5 Å². The molecule has 0 heterocycles. The molecule has 0 aliphatic rings. The van der Waals surface area contributed by atoms with Gasteiger partial charge >= 0.3 is 0 Å². The zero-order valence-electron chi connectivity index (χ0n) is 16.5. The van der Waals surface area contributed by atoms with Gasteiger partial charge in [0.15, 0.2) is 0 Å². The van der Waals surface area contributed by atoms with Gasteiger partial charge < -0.3 is 10.6 Å². The molecule has 0 spiro atoms. The summed E-state index contributed by atoms with van der Waals surface area (Å²) in [6.45, 7) is 8.86. The fourth-order valence-electron chi connectivity index (χ4n) is 2.48. The maximum absolute atomic E-state index is 12.6. The van der Waals surface area contributed by atoms with Gasteiger partial charge in [-0.1, -0.05) is 70.2 Å². The van der Waals surface area contributed by atoms with E-state index in [1.54, 1.807) is 30.3 Å². The van der Waals surface area contributed by atoms with Gasteiger partial charge in [0.05, 0.1) is 0 Å². The van der Waals surface area contributed by atoms with Crippen LogP contribution in [-0.4, -0.2) is 18.4 Å². The highest BCUT2D eigenvalue weighted by Gasteiger charge is 2.14. The SMILES string of the molecule is CC(C)CNC(=O)/C(=C/c1ccc(C(C)C)cc1)NC(=O)c1ccccc1. The molecule has 2 rings (SSSR count). The zero-order valence-corrected chi connectivity index (χ0v) is 16.5. The topological polar surface area (TPSA) is 58.2 Å². The molecule has 0 atom stereocenters. The van der Waals surface area contributed by atoms with Crippen LogP contribution < -0.4 is 10.6 Å². The third-order valence-electron chi connectivity index (χ3n) is 4.11. The fraction of sp³-hybridized carbons (Fsp3) is 0.304. The molecule has 0 saturated carbocycles. The van der Waals surface area contributed by atoms with Gasteiger partial charge in [0.25, 0.3) is 11.8 Å². The van der Waals surface area contributed by atoms with Gasteiger partial charge in [-0.15, -0.1) is 0 Å². The van der Waals surface area contributed by atoms with Gasteiger partial charge in [0.2, 0.25) is 0 Å². The van der Waals surface area contributed by atoms with E-state index in [1.807, 2.05) is 44.2 Å². The summed E-state index contributed by atoms with van der Waals surface area (Å²) in [4.78, 5) is 25.1. The Morgan fingerprint density at radius 2 is 1.56 bits per heavy atom. The van der Waals surface area contributed by atoms with Crippen LogP contribution in [0.4, 0.5) is 0 Å². The maximum Gasteiger partial charge on any atom is 0.267 e. The second-order valence-corrected chi connectivity index (χ2v) is 7.30. The highest BCUT2D eigenvalue weighted by molar-refractivity contribution is 6.05. The lowest BCUT2D eigenvalue weighted by molar-refractivity contribution is -0.117. The van der Waals surface area contributed by atoms with Gasteiger partial charge in [-0.05, 0) is 41.2 Å². The zero-order chi connectivity index (χ0) is 19.8. The molecule has 0 aliphatic heterocycles. The van der Waals surface area contributed by atoms with Crippen molar-refractivity contribution < 1.29 is 9.59 Å². The molecule has 0 saturated heterocycles. The van der Waals surface area contributed by atoms with Crippen molar-refractivity contribution in [2.45, 2.75) is 33.6 Å². The predicted octanol–water partition coefficient (Wildman–Crippen LogP) is 4.35. The Balaban J connectivity index is 2.25. The Morgan fingerprint density at radius 1 is 0.926 bits per heavy atom. The lowest BCUT2D eigenvalue weighted by Gasteiger charge is -2.13. The summed E-state index contributed by atoms with van der Waals surface area (Å²) in [6.07, 6.45) is 1.71. The number of hydrogen-bond acceptors (Lipinski definition) is 2. The largest absolute Gasteiger partial charge is 0.351 e. The molecule has 2 N–H and O–H groups in total. The molecular weight excluding hydrogens is 336 g/mol. The van der Waals surface area contributed by atoms with Gasteiger partial charge in [-0.2, -0.15) is 0 Å². The molecule has 2 amide bonds. The molecule has 4 nitrogen and oxygen atoms in total. The van der Waals surface area contributed by atoms with E-state index < -0.39 is 0 Å². The summed E-state index contributed by atoms with van der Waals surface area (Å²) in [7, 11) is 0. The molecule has 27 heavy (non-hydrogen) atoms. The predicted molar refractivity (Wildman–Crippen MR) is 110 cm³/mol. The summed E-state index contributed by atoms with van der Waals surface area (Å²) < 4.78 is 0. The molecule has 2 aromatic rings. The van der Waals surface area contributed by atoms with Crippen molar-refractivity contribution >= 4 is 17.9 Å². The Morgan fingerprint density at radius 3 is 2.11 bits per heavy atom. The Labute approximate surface area is 161 Å². The first-order valence-corrected chi connectivity index (χ1v) is 9.33. The van der Waals surface area contributed by atoms with Gasteiger partial charge in [0, 0.05) is 12.1 Å². The van der Waals surface area contributed by atoms with Gasteiger partial charge in [0.1, 0.15) is 5.70 Å². The summed E-state index contributed by atoms with van der Waals surface area (Å²) >= 11 is 0. The van der Waals surface area contributed by atoms with E-state index in [1.165, 1.54) is 5.56 Å². The van der Waals surface area contributed by atoms with Crippen LogP contribution in [-0.2, 0) is 4.79 Å². The molecule has 0 aliphatic carbocycles. The van der Waals surface area contributed by atoms with E-state index in [9.17, 15) is 9.59 Å². The minimum absolute atomic E-state index is 0.238. The molecule has 0 unspecified atom stereocenters. The van der Waals surface area contributed by atoms with Crippen molar-refractivity contribution in [1.82, 2.24) is 10.6 Å². The van der Waals surface area contributed by atoms with Crippen molar-refractivity contribution in [1.29, 1.82) is 0 Å². The van der Waals surface area contributed by atoms with Crippen LogP contribution in [0.15, 0.2) is 60.3 Å². The monoisotopic (exact) mass is 364 g/mol. The average molecular weight is 364 g/mol. The van der Waals surface area contributed by atoms with Crippen molar-refractivity contribution in [2.75, 3.05) is 6.54 Å². The van der Waals surface area contributed by atoms with Gasteiger partial charge in [-0.25, -0.2) is 0 Å². The van der Waals surface area contributed by atoms with E-state index >= 15 is 0 Å². The second-order valence-electron chi connectivity index (χ2n) is 7.30. The Bertz CT molecular complexity index is 791. The van der Waals surface area contributed by atoms with Crippen LogP contribution >= 0.6 is 0 Å². The maximum atomic E-state index is 12.6. The summed E-state index contributed by atoms with van der Waals surface area (Å²) in [5, 5.41) is 5.62. The second kappa shape index (κ2) is 9.72. The summed E-state index contributed by atoms with van der Waals surface area (Å²) in [6, 6.07) is 16.9. The first kappa shape index (κ1) is 20.4. The van der Waals surface area contributed by atoms with Gasteiger partial charge in [-0.3, -0.25) is 9.59 Å². The van der Waals surface area contributed by atoms with E-state index in [0.29, 0.717) is 23.9 Å². The van der Waals surface area contributed by atoms with Crippen molar-refractivity contribution in [3.05, 3.63) is 77.0 Å². The van der Waals surface area contributed by atoms with Crippen LogP contribution in [0.3, 0.4) is 0 Å². The van der Waals surface area contributed by atoms with E-state index in [0.717, 1.165) is 5.56 Å². The van der Waals surface area contributed by atoms with Crippen molar-refractivity contribution in [3.63, 3.8) is 0 Å². The first-order chi connectivity index (χ1) is 12.9. The standard InChI is InChI=1S/C23H28N2O2/c1-16(2)15-24-23(27)21(25-22(26)20-8-6-5-7-9-20)14-18-10-12-19(13-11-18)17(3)4/h5-14,16-17H,15H2,1-4H3,(H,24,27)(H,25,26)/b21-14-. The minimum atomic E-state index is -0.305. The van der Waals surface area contributed by atoms with Crippen LogP contribution in [0.25, 0.3) is 6.08 Å². The molecule has 4 heteroatoms. The number of rotatable bonds is 7. The van der Waals surface area contributed by atoms with E-state index in [4.69, 9.17) is 0 Å². The third kappa shape index (κ3) is 6.41. The number of benzene rings is 2. The fourth-order valence-corrected chi connectivity index (χ4v) is 2.48. The molecule has 0 bridgehead atoms. The molecular formula is C23H28N2O2. The average Bonchev–Trinajstić information content (AvgIpc) is 2.66. The molecule has 0 radical (unpaired) electrons. The van der Waals surface area contributed by atoms with Crippen molar-refractivity contribution in [3.8, 4) is 0 Å². The summed E-state index contributed by atoms with van der Waals surface area (Å²) in [5.74, 6) is 0.168. The first-order valence-electron chi connectivity index (χ1n) is 9.33. The van der Waals surface area contributed by atoms with Crippen LogP contribution in [0, 0.1) is 5.92 Å². The molecule has 0 fully saturated rings. The Hall–Kier alpha value is -2.88. The molecule has 0 aromatic heterocycles.